The summed E-state index contributed by atoms with van der Waals surface area (Å²) in [6.07, 6.45) is 1.22. The lowest BCUT2D eigenvalue weighted by molar-refractivity contribution is -0.386. The number of nitrogens with zero attached hydrogens (tertiary/aromatic N) is 3. The Morgan fingerprint density at radius 1 is 1.33 bits per heavy atom. The fourth-order valence-electron chi connectivity index (χ4n) is 2.50. The Morgan fingerprint density at radius 3 is 2.78 bits per heavy atom. The highest BCUT2D eigenvalue weighted by Gasteiger charge is 2.22. The van der Waals surface area contributed by atoms with E-state index in [1.54, 1.807) is 19.9 Å². The molecule has 0 spiro atoms. The quantitative estimate of drug-likeness (QED) is 0.373. The first-order chi connectivity index (χ1) is 13.0. The molecule has 0 aliphatic heterocycles. The standard InChI is InChI=1S/C18H19N5O4/c1-11(2)27-17-15(23(24)25)8-12(9-16(17)26-3)10-19-22-18-20-13-6-4-5-7-14(13)21-18/h4-11H,1-3H3,(H2,20,21,22)/b19-10-. The lowest BCUT2D eigenvalue weighted by Crippen LogP contribution is -2.09. The lowest BCUT2D eigenvalue weighted by atomic mass is 10.2. The molecule has 0 unspecified atom stereocenters. The summed E-state index contributed by atoms with van der Waals surface area (Å²) in [5.41, 5.74) is 4.76. The number of hydrazone groups is 1. The van der Waals surface area contributed by atoms with Crippen LogP contribution in [0.15, 0.2) is 41.5 Å². The highest BCUT2D eigenvalue weighted by atomic mass is 16.6. The fourth-order valence-corrected chi connectivity index (χ4v) is 2.50. The number of imidazole rings is 1. The topological polar surface area (TPSA) is 115 Å². The maximum atomic E-state index is 11.4. The van der Waals surface area contributed by atoms with Crippen molar-refractivity contribution >= 4 is 28.9 Å². The van der Waals surface area contributed by atoms with Gasteiger partial charge in [0.1, 0.15) is 0 Å². The Kier molecular flexibility index (Phi) is 5.20. The van der Waals surface area contributed by atoms with Crippen molar-refractivity contribution in [3.05, 3.63) is 52.1 Å². The zero-order valence-electron chi connectivity index (χ0n) is 15.1. The Hall–Kier alpha value is -3.62. The normalized spacial score (nSPS) is 11.3. The number of para-hydroxylation sites is 2. The molecule has 3 rings (SSSR count). The van der Waals surface area contributed by atoms with Crippen LogP contribution in [0.4, 0.5) is 11.6 Å². The predicted molar refractivity (Wildman–Crippen MR) is 103 cm³/mol. The number of benzene rings is 2. The third-order valence-corrected chi connectivity index (χ3v) is 3.60. The van der Waals surface area contributed by atoms with Gasteiger partial charge in [0.2, 0.25) is 11.7 Å². The number of rotatable bonds is 7. The number of aromatic amines is 1. The summed E-state index contributed by atoms with van der Waals surface area (Å²) < 4.78 is 10.8. The molecule has 9 nitrogen and oxygen atoms in total. The van der Waals surface area contributed by atoms with Crippen LogP contribution in [0.3, 0.4) is 0 Å². The fraction of sp³-hybridized carbons (Fsp3) is 0.222. The van der Waals surface area contributed by atoms with Crippen LogP contribution in [0.2, 0.25) is 0 Å². The van der Waals surface area contributed by atoms with E-state index in [9.17, 15) is 10.1 Å². The molecular formula is C18H19N5O4. The zero-order chi connectivity index (χ0) is 19.4. The average molecular weight is 369 g/mol. The SMILES string of the molecule is COc1cc(/C=N\Nc2nc3ccccc3[nH]2)cc([N+](=O)[O-])c1OC(C)C. The summed E-state index contributed by atoms with van der Waals surface area (Å²) in [4.78, 5) is 18.3. The number of aromatic nitrogens is 2. The predicted octanol–water partition coefficient (Wildman–Crippen LogP) is 3.71. The molecule has 9 heteroatoms. The van der Waals surface area contributed by atoms with Gasteiger partial charge < -0.3 is 14.5 Å². The van der Waals surface area contributed by atoms with E-state index in [0.717, 1.165) is 11.0 Å². The molecule has 3 aromatic rings. The minimum Gasteiger partial charge on any atom is -0.493 e. The largest absolute Gasteiger partial charge is 0.493 e. The molecule has 1 heterocycles. The number of anilines is 1. The van der Waals surface area contributed by atoms with Crippen molar-refractivity contribution in [1.29, 1.82) is 0 Å². The smallest absolute Gasteiger partial charge is 0.315 e. The van der Waals surface area contributed by atoms with E-state index >= 15 is 0 Å². The van der Waals surface area contributed by atoms with Crippen molar-refractivity contribution in [3.63, 3.8) is 0 Å². The molecule has 0 aliphatic carbocycles. The highest BCUT2D eigenvalue weighted by Crippen LogP contribution is 2.38. The summed E-state index contributed by atoms with van der Waals surface area (Å²) in [5, 5.41) is 15.5. The van der Waals surface area contributed by atoms with Crippen molar-refractivity contribution < 1.29 is 14.4 Å². The van der Waals surface area contributed by atoms with Gasteiger partial charge in [-0.2, -0.15) is 5.10 Å². The summed E-state index contributed by atoms with van der Waals surface area (Å²) in [7, 11) is 1.43. The molecule has 0 fully saturated rings. The Balaban J connectivity index is 1.86. The van der Waals surface area contributed by atoms with E-state index in [-0.39, 0.29) is 23.3 Å². The van der Waals surface area contributed by atoms with E-state index in [2.05, 4.69) is 20.5 Å². The van der Waals surface area contributed by atoms with Gasteiger partial charge in [-0.1, -0.05) is 12.1 Å². The van der Waals surface area contributed by atoms with Crippen LogP contribution in [-0.2, 0) is 0 Å². The number of ether oxygens (including phenoxy) is 2. The summed E-state index contributed by atoms with van der Waals surface area (Å²) >= 11 is 0. The number of H-pyrrole nitrogens is 1. The van der Waals surface area contributed by atoms with Crippen LogP contribution in [0, 0.1) is 10.1 Å². The first kappa shape index (κ1) is 18.2. The maximum absolute atomic E-state index is 11.4. The second kappa shape index (κ2) is 7.73. The molecule has 27 heavy (non-hydrogen) atoms. The number of nitro benzene ring substituents is 1. The van der Waals surface area contributed by atoms with Gasteiger partial charge in [-0.25, -0.2) is 10.4 Å². The second-order valence-electron chi connectivity index (χ2n) is 5.97. The minimum absolute atomic E-state index is 0.0971. The van der Waals surface area contributed by atoms with Gasteiger partial charge in [-0.15, -0.1) is 0 Å². The van der Waals surface area contributed by atoms with Crippen molar-refractivity contribution in [2.45, 2.75) is 20.0 Å². The van der Waals surface area contributed by atoms with Crippen molar-refractivity contribution in [3.8, 4) is 11.5 Å². The zero-order valence-corrected chi connectivity index (χ0v) is 15.1. The van der Waals surface area contributed by atoms with Crippen LogP contribution < -0.4 is 14.9 Å². The lowest BCUT2D eigenvalue weighted by Gasteiger charge is -2.14. The molecule has 0 saturated heterocycles. The highest BCUT2D eigenvalue weighted by molar-refractivity contribution is 5.84. The van der Waals surface area contributed by atoms with E-state index in [4.69, 9.17) is 9.47 Å². The van der Waals surface area contributed by atoms with Gasteiger partial charge in [0.25, 0.3) is 0 Å². The molecule has 0 atom stereocenters. The molecule has 140 valence electrons. The molecule has 1 aromatic heterocycles. The number of hydrogen-bond acceptors (Lipinski definition) is 7. The van der Waals surface area contributed by atoms with E-state index in [1.165, 1.54) is 19.4 Å². The van der Waals surface area contributed by atoms with Crippen molar-refractivity contribution in [2.24, 2.45) is 5.10 Å². The number of hydrogen-bond donors (Lipinski definition) is 2. The van der Waals surface area contributed by atoms with Crippen LogP contribution >= 0.6 is 0 Å². The third-order valence-electron chi connectivity index (χ3n) is 3.60. The number of methoxy groups -OCH3 is 1. The Morgan fingerprint density at radius 2 is 2.11 bits per heavy atom. The van der Waals surface area contributed by atoms with E-state index in [0.29, 0.717) is 11.5 Å². The molecule has 2 aromatic carbocycles. The Labute approximate surface area is 155 Å². The van der Waals surface area contributed by atoms with Crippen LogP contribution in [0.5, 0.6) is 11.5 Å². The summed E-state index contributed by atoms with van der Waals surface area (Å²) in [6, 6.07) is 10.6. The molecule has 2 N–H and O–H groups in total. The Bertz CT molecular complexity index is 964. The number of fused-ring (bicyclic) bond motifs is 1. The molecule has 0 aliphatic rings. The van der Waals surface area contributed by atoms with Crippen LogP contribution in [0.25, 0.3) is 11.0 Å². The van der Waals surface area contributed by atoms with Gasteiger partial charge >= 0.3 is 5.69 Å². The van der Waals surface area contributed by atoms with E-state index < -0.39 is 4.92 Å². The maximum Gasteiger partial charge on any atom is 0.315 e. The molecule has 0 amide bonds. The second-order valence-corrected chi connectivity index (χ2v) is 5.97. The molecule has 0 saturated carbocycles. The monoisotopic (exact) mass is 369 g/mol. The first-order valence-electron chi connectivity index (χ1n) is 8.25. The summed E-state index contributed by atoms with van der Waals surface area (Å²) in [6.45, 7) is 3.57. The average Bonchev–Trinajstić information content (AvgIpc) is 3.04. The van der Waals surface area contributed by atoms with Crippen LogP contribution in [0.1, 0.15) is 19.4 Å². The van der Waals surface area contributed by atoms with Gasteiger partial charge in [-0.3, -0.25) is 10.1 Å². The molecular weight excluding hydrogens is 350 g/mol. The number of nitro groups is 1. The molecule has 0 bridgehead atoms. The van der Waals surface area contributed by atoms with Crippen molar-refractivity contribution in [2.75, 3.05) is 12.5 Å². The first-order valence-corrected chi connectivity index (χ1v) is 8.25. The molecule has 0 radical (unpaired) electrons. The van der Waals surface area contributed by atoms with Gasteiger partial charge in [0.05, 0.1) is 35.4 Å². The number of nitrogens with one attached hydrogen (secondary N) is 2. The summed E-state index contributed by atoms with van der Waals surface area (Å²) in [5.74, 6) is 0.830. The van der Waals surface area contributed by atoms with Gasteiger partial charge in [0.15, 0.2) is 5.75 Å². The van der Waals surface area contributed by atoms with Crippen molar-refractivity contribution in [1.82, 2.24) is 9.97 Å². The van der Waals surface area contributed by atoms with Gasteiger partial charge in [-0.05, 0) is 32.0 Å². The third kappa shape index (κ3) is 4.14. The minimum atomic E-state index is -0.510. The van der Waals surface area contributed by atoms with Gasteiger partial charge in [0, 0.05) is 11.6 Å². The van der Waals surface area contributed by atoms with E-state index in [1.807, 2.05) is 24.3 Å². The van der Waals surface area contributed by atoms with Crippen LogP contribution in [-0.4, -0.2) is 34.3 Å².